The molecule has 1 aromatic carbocycles. The van der Waals surface area contributed by atoms with E-state index >= 15 is 0 Å². The lowest BCUT2D eigenvalue weighted by Crippen LogP contribution is -2.16. The first-order chi connectivity index (χ1) is 7.74. The van der Waals surface area contributed by atoms with Crippen LogP contribution in [-0.2, 0) is 6.54 Å². The summed E-state index contributed by atoms with van der Waals surface area (Å²) in [4.78, 5) is 4.39. The number of rotatable bonds is 0. The predicted molar refractivity (Wildman–Crippen MR) is 65.5 cm³/mol. The third kappa shape index (κ3) is 1.53. The van der Waals surface area contributed by atoms with Crippen LogP contribution in [0.15, 0.2) is 35.1 Å². The van der Waals surface area contributed by atoms with Gasteiger partial charge in [0.1, 0.15) is 17.7 Å². The molecule has 0 spiro atoms. The first-order valence-electron chi connectivity index (χ1n) is 5.22. The minimum absolute atomic E-state index is 0.156. The summed E-state index contributed by atoms with van der Waals surface area (Å²) in [6, 6.07) is 6.05. The average molecular weight is 279 g/mol. The lowest BCUT2D eigenvalue weighted by molar-refractivity contribution is 0.206. The van der Waals surface area contributed by atoms with E-state index in [0.29, 0.717) is 0 Å². The molecule has 0 N–H and O–H groups in total. The summed E-state index contributed by atoms with van der Waals surface area (Å²) in [7, 11) is 0. The molecule has 3 rings (SSSR count). The van der Waals surface area contributed by atoms with E-state index < -0.39 is 0 Å². The van der Waals surface area contributed by atoms with Crippen LogP contribution in [0.3, 0.4) is 0 Å². The highest BCUT2D eigenvalue weighted by Gasteiger charge is 2.19. The third-order valence-electron chi connectivity index (χ3n) is 2.68. The maximum atomic E-state index is 5.89. The molecule has 1 aliphatic heterocycles. The topological polar surface area (TPSA) is 27.1 Å². The van der Waals surface area contributed by atoms with Crippen LogP contribution in [0, 0.1) is 0 Å². The molecule has 1 atom stereocenters. The molecule has 2 aromatic rings. The number of ether oxygens (including phenoxy) is 1. The number of fused-ring (bicyclic) bond motifs is 3. The van der Waals surface area contributed by atoms with Crippen molar-refractivity contribution in [3.63, 3.8) is 0 Å². The highest BCUT2D eigenvalue weighted by atomic mass is 79.9. The minimum atomic E-state index is 0.156. The normalized spacial score (nSPS) is 18.2. The molecule has 0 aliphatic carbocycles. The maximum Gasteiger partial charge on any atom is 0.143 e. The van der Waals surface area contributed by atoms with Gasteiger partial charge in [-0.3, -0.25) is 0 Å². The molecule has 4 heteroatoms. The molecule has 0 fully saturated rings. The van der Waals surface area contributed by atoms with Crippen LogP contribution in [0.2, 0.25) is 0 Å². The quantitative estimate of drug-likeness (QED) is 0.741. The summed E-state index contributed by atoms with van der Waals surface area (Å²) in [6.45, 7) is 2.90. The second kappa shape index (κ2) is 3.63. The molecule has 0 radical (unpaired) electrons. The van der Waals surface area contributed by atoms with E-state index in [-0.39, 0.29) is 6.10 Å². The van der Waals surface area contributed by atoms with Crippen molar-refractivity contribution in [2.24, 2.45) is 0 Å². The molecule has 0 bridgehead atoms. The third-order valence-corrected chi connectivity index (χ3v) is 3.18. The number of hydrogen-bond acceptors (Lipinski definition) is 2. The fourth-order valence-electron chi connectivity index (χ4n) is 2.01. The summed E-state index contributed by atoms with van der Waals surface area (Å²) in [5, 5.41) is 0. The first kappa shape index (κ1) is 9.90. The molecular formula is C12H11BrN2O. The van der Waals surface area contributed by atoms with E-state index in [9.17, 15) is 0 Å². The van der Waals surface area contributed by atoms with E-state index in [2.05, 4.69) is 32.4 Å². The molecule has 82 valence electrons. The number of benzene rings is 1. The van der Waals surface area contributed by atoms with Gasteiger partial charge in [0.25, 0.3) is 0 Å². The van der Waals surface area contributed by atoms with Gasteiger partial charge >= 0.3 is 0 Å². The Balaban J connectivity index is 2.24. The van der Waals surface area contributed by atoms with Crippen LogP contribution in [0.25, 0.3) is 11.4 Å². The molecule has 0 saturated heterocycles. The van der Waals surface area contributed by atoms with Gasteiger partial charge in [0.05, 0.1) is 12.1 Å². The van der Waals surface area contributed by atoms with Crippen LogP contribution >= 0.6 is 15.9 Å². The minimum Gasteiger partial charge on any atom is -0.488 e. The van der Waals surface area contributed by atoms with Gasteiger partial charge in [-0.05, 0) is 25.1 Å². The van der Waals surface area contributed by atoms with Crippen molar-refractivity contribution in [2.75, 3.05) is 0 Å². The molecule has 3 nitrogen and oxygen atoms in total. The molecular weight excluding hydrogens is 268 g/mol. The summed E-state index contributed by atoms with van der Waals surface area (Å²) in [5.74, 6) is 1.87. The fourth-order valence-corrected chi connectivity index (χ4v) is 2.35. The average Bonchev–Trinajstić information content (AvgIpc) is 2.61. The van der Waals surface area contributed by atoms with E-state index in [1.165, 1.54) is 0 Å². The highest BCUT2D eigenvalue weighted by molar-refractivity contribution is 9.10. The highest BCUT2D eigenvalue weighted by Crippen LogP contribution is 2.34. The Bertz CT molecular complexity index is 536. The van der Waals surface area contributed by atoms with Crippen molar-refractivity contribution in [2.45, 2.75) is 19.6 Å². The zero-order valence-corrected chi connectivity index (χ0v) is 10.4. The first-order valence-corrected chi connectivity index (χ1v) is 6.01. The molecule has 1 aliphatic rings. The monoisotopic (exact) mass is 278 g/mol. The Kier molecular flexibility index (Phi) is 2.24. The lowest BCUT2D eigenvalue weighted by atomic mass is 10.2. The van der Waals surface area contributed by atoms with E-state index in [1.54, 1.807) is 0 Å². The lowest BCUT2D eigenvalue weighted by Gasteiger charge is -2.12. The Morgan fingerprint density at radius 2 is 2.38 bits per heavy atom. The second-order valence-electron chi connectivity index (χ2n) is 3.97. The van der Waals surface area contributed by atoms with Crippen molar-refractivity contribution >= 4 is 15.9 Å². The van der Waals surface area contributed by atoms with Crippen molar-refractivity contribution < 1.29 is 4.74 Å². The Hall–Kier alpha value is -1.29. The van der Waals surface area contributed by atoms with Crippen LogP contribution in [0.4, 0.5) is 0 Å². The van der Waals surface area contributed by atoms with Crippen LogP contribution in [0.5, 0.6) is 5.75 Å². The second-order valence-corrected chi connectivity index (χ2v) is 4.89. The van der Waals surface area contributed by atoms with E-state index in [4.69, 9.17) is 4.74 Å². The SMILES string of the molecule is CC1Cn2ccnc2-c2ccc(Br)cc2O1. The smallest absolute Gasteiger partial charge is 0.143 e. The summed E-state index contributed by atoms with van der Waals surface area (Å²) in [5.41, 5.74) is 1.05. The van der Waals surface area contributed by atoms with Gasteiger partial charge in [-0.25, -0.2) is 4.98 Å². The number of nitrogens with zero attached hydrogens (tertiary/aromatic N) is 2. The molecule has 16 heavy (non-hydrogen) atoms. The van der Waals surface area contributed by atoms with E-state index in [0.717, 1.165) is 28.2 Å². The van der Waals surface area contributed by atoms with Crippen molar-refractivity contribution in [1.29, 1.82) is 0 Å². The van der Waals surface area contributed by atoms with Gasteiger partial charge in [-0.1, -0.05) is 15.9 Å². The summed E-state index contributed by atoms with van der Waals surface area (Å²) in [6.07, 6.45) is 3.98. The number of aromatic nitrogens is 2. The van der Waals surface area contributed by atoms with Gasteiger partial charge in [-0.15, -0.1) is 0 Å². The van der Waals surface area contributed by atoms with Gasteiger partial charge in [0, 0.05) is 16.9 Å². The van der Waals surface area contributed by atoms with Gasteiger partial charge < -0.3 is 9.30 Å². The largest absolute Gasteiger partial charge is 0.488 e. The van der Waals surface area contributed by atoms with Crippen molar-refractivity contribution in [1.82, 2.24) is 9.55 Å². The number of hydrogen-bond donors (Lipinski definition) is 0. The molecule has 0 amide bonds. The zero-order chi connectivity index (χ0) is 11.1. The molecule has 2 heterocycles. The zero-order valence-electron chi connectivity index (χ0n) is 8.85. The molecule has 0 saturated carbocycles. The summed E-state index contributed by atoms with van der Waals surface area (Å²) >= 11 is 3.46. The van der Waals surface area contributed by atoms with Crippen LogP contribution < -0.4 is 4.74 Å². The van der Waals surface area contributed by atoms with E-state index in [1.807, 2.05) is 30.6 Å². The van der Waals surface area contributed by atoms with Gasteiger partial charge in [0.15, 0.2) is 0 Å². The van der Waals surface area contributed by atoms with Gasteiger partial charge in [-0.2, -0.15) is 0 Å². The Labute approximate surface area is 102 Å². The Morgan fingerprint density at radius 3 is 3.25 bits per heavy atom. The van der Waals surface area contributed by atoms with Crippen LogP contribution in [0.1, 0.15) is 6.92 Å². The maximum absolute atomic E-state index is 5.89. The number of halogens is 1. The fraction of sp³-hybridized carbons (Fsp3) is 0.250. The van der Waals surface area contributed by atoms with Crippen molar-refractivity contribution in [3.8, 4) is 17.1 Å². The number of imidazole rings is 1. The van der Waals surface area contributed by atoms with Crippen molar-refractivity contribution in [3.05, 3.63) is 35.1 Å². The van der Waals surface area contributed by atoms with Gasteiger partial charge in [0.2, 0.25) is 0 Å². The summed E-state index contributed by atoms with van der Waals surface area (Å²) < 4.78 is 9.04. The molecule has 1 aromatic heterocycles. The predicted octanol–water partition coefficient (Wildman–Crippen LogP) is 3.09. The van der Waals surface area contributed by atoms with Crippen LogP contribution in [-0.4, -0.2) is 15.7 Å². The molecule has 1 unspecified atom stereocenters. The standard InChI is InChI=1S/C12H11BrN2O/c1-8-7-15-5-4-14-12(15)10-3-2-9(13)6-11(10)16-8/h2-6,8H,7H2,1H3. The Morgan fingerprint density at radius 1 is 1.50 bits per heavy atom.